The Hall–Kier alpha value is -1.77. The molecule has 2 aromatic rings. The molecule has 130 valence electrons. The molecule has 0 radical (unpaired) electrons. The second kappa shape index (κ2) is 6.27. The molecule has 1 saturated heterocycles. The first kappa shape index (κ1) is 17.1. The van der Waals surface area contributed by atoms with Crippen LogP contribution in [0.25, 0.3) is 5.69 Å². The molecule has 1 aromatic heterocycles. The van der Waals surface area contributed by atoms with Crippen molar-refractivity contribution in [2.24, 2.45) is 0 Å². The Morgan fingerprint density at radius 2 is 2.00 bits per heavy atom. The van der Waals surface area contributed by atoms with Gasteiger partial charge in [-0.25, -0.2) is 17.5 Å². The molecule has 6 nitrogen and oxygen atoms in total. The molecule has 1 aliphatic heterocycles. The van der Waals surface area contributed by atoms with E-state index in [1.807, 2.05) is 6.92 Å². The van der Waals surface area contributed by atoms with Gasteiger partial charge in [0.15, 0.2) is 0 Å². The number of ether oxygens (including phenoxy) is 1. The molecule has 2 heterocycles. The summed E-state index contributed by atoms with van der Waals surface area (Å²) >= 11 is 0. The van der Waals surface area contributed by atoms with Crippen molar-refractivity contribution in [3.8, 4) is 5.69 Å². The van der Waals surface area contributed by atoms with Crippen molar-refractivity contribution in [3.05, 3.63) is 47.0 Å². The molecule has 8 heteroatoms. The van der Waals surface area contributed by atoms with Crippen LogP contribution in [0.1, 0.15) is 23.0 Å². The van der Waals surface area contributed by atoms with E-state index in [4.69, 9.17) is 4.74 Å². The number of morpholine rings is 1. The number of aromatic nitrogens is 2. The lowest BCUT2D eigenvalue weighted by Gasteiger charge is -2.34. The fourth-order valence-electron chi connectivity index (χ4n) is 3.21. The Labute approximate surface area is 140 Å². The van der Waals surface area contributed by atoms with Crippen LogP contribution < -0.4 is 0 Å². The standard InChI is InChI=1S/C16H20FN3O3S/c1-11-16(15-10-23-9-8-19(15)24(3,21)22)12(2)20(18-11)14-7-5-4-6-13(14)17/h4-7,15H,8-10H2,1-3H3. The van der Waals surface area contributed by atoms with Crippen LogP contribution in [0, 0.1) is 19.7 Å². The molecule has 1 fully saturated rings. The maximum atomic E-state index is 14.1. The number of nitrogens with zero attached hydrogens (tertiary/aromatic N) is 3. The fourth-order valence-corrected chi connectivity index (χ4v) is 4.24. The molecule has 0 bridgehead atoms. The quantitative estimate of drug-likeness (QED) is 0.846. The van der Waals surface area contributed by atoms with Crippen molar-refractivity contribution >= 4 is 10.0 Å². The first-order valence-corrected chi connectivity index (χ1v) is 9.51. The van der Waals surface area contributed by atoms with Crippen LogP contribution in [0.15, 0.2) is 24.3 Å². The van der Waals surface area contributed by atoms with Gasteiger partial charge < -0.3 is 4.74 Å². The maximum absolute atomic E-state index is 14.1. The molecule has 1 aliphatic rings. The largest absolute Gasteiger partial charge is 0.378 e. The van der Waals surface area contributed by atoms with Gasteiger partial charge in [-0.05, 0) is 26.0 Å². The van der Waals surface area contributed by atoms with E-state index in [9.17, 15) is 12.8 Å². The van der Waals surface area contributed by atoms with E-state index < -0.39 is 16.1 Å². The van der Waals surface area contributed by atoms with Gasteiger partial charge in [-0.2, -0.15) is 9.40 Å². The van der Waals surface area contributed by atoms with Crippen molar-refractivity contribution in [1.82, 2.24) is 14.1 Å². The van der Waals surface area contributed by atoms with Crippen molar-refractivity contribution in [1.29, 1.82) is 0 Å². The molecule has 1 unspecified atom stereocenters. The van der Waals surface area contributed by atoms with Crippen LogP contribution in [0.2, 0.25) is 0 Å². The molecular formula is C16H20FN3O3S. The van der Waals surface area contributed by atoms with Crippen LogP contribution in [0.3, 0.4) is 0 Å². The predicted molar refractivity (Wildman–Crippen MR) is 88.1 cm³/mol. The number of halogens is 1. The Morgan fingerprint density at radius 3 is 2.67 bits per heavy atom. The summed E-state index contributed by atoms with van der Waals surface area (Å²) in [5.41, 5.74) is 2.48. The lowest BCUT2D eigenvalue weighted by atomic mass is 10.0. The van der Waals surface area contributed by atoms with Crippen molar-refractivity contribution < 1.29 is 17.5 Å². The van der Waals surface area contributed by atoms with Crippen LogP contribution in [0.5, 0.6) is 0 Å². The number of hydrogen-bond donors (Lipinski definition) is 0. The third-order valence-corrected chi connectivity index (χ3v) is 5.56. The molecule has 0 saturated carbocycles. The van der Waals surface area contributed by atoms with Gasteiger partial charge in [-0.3, -0.25) is 0 Å². The summed E-state index contributed by atoms with van der Waals surface area (Å²) in [7, 11) is -3.38. The molecule has 0 amide bonds. The lowest BCUT2D eigenvalue weighted by molar-refractivity contribution is 0.0319. The monoisotopic (exact) mass is 353 g/mol. The van der Waals surface area contributed by atoms with Gasteiger partial charge in [0.05, 0.1) is 31.2 Å². The minimum Gasteiger partial charge on any atom is -0.378 e. The van der Waals surface area contributed by atoms with E-state index in [0.29, 0.717) is 30.2 Å². The van der Waals surface area contributed by atoms with Crippen molar-refractivity contribution in [2.45, 2.75) is 19.9 Å². The van der Waals surface area contributed by atoms with E-state index in [-0.39, 0.29) is 12.4 Å². The molecule has 0 aliphatic carbocycles. The Balaban J connectivity index is 2.11. The maximum Gasteiger partial charge on any atom is 0.211 e. The number of rotatable bonds is 3. The average Bonchev–Trinajstić information content (AvgIpc) is 2.81. The second-order valence-electron chi connectivity index (χ2n) is 5.91. The molecular weight excluding hydrogens is 333 g/mol. The van der Waals surface area contributed by atoms with E-state index in [1.165, 1.54) is 21.3 Å². The SMILES string of the molecule is Cc1nn(-c2ccccc2F)c(C)c1C1COCCN1S(C)(=O)=O. The highest BCUT2D eigenvalue weighted by molar-refractivity contribution is 7.88. The van der Waals surface area contributed by atoms with Gasteiger partial charge in [-0.1, -0.05) is 12.1 Å². The van der Waals surface area contributed by atoms with Gasteiger partial charge in [0.2, 0.25) is 10.0 Å². The zero-order chi connectivity index (χ0) is 17.5. The Bertz CT molecular complexity index is 863. The Kier molecular flexibility index (Phi) is 4.46. The first-order chi connectivity index (χ1) is 11.3. The third kappa shape index (κ3) is 2.97. The highest BCUT2D eigenvalue weighted by Gasteiger charge is 2.35. The highest BCUT2D eigenvalue weighted by Crippen LogP contribution is 2.32. The van der Waals surface area contributed by atoms with Gasteiger partial charge in [0.1, 0.15) is 11.5 Å². The highest BCUT2D eigenvalue weighted by atomic mass is 32.2. The number of sulfonamides is 1. The summed E-state index contributed by atoms with van der Waals surface area (Å²) < 4.78 is 46.8. The number of para-hydroxylation sites is 1. The molecule has 0 N–H and O–H groups in total. The molecule has 0 spiro atoms. The Morgan fingerprint density at radius 1 is 1.29 bits per heavy atom. The minimum atomic E-state index is -3.38. The van der Waals surface area contributed by atoms with E-state index >= 15 is 0 Å². The summed E-state index contributed by atoms with van der Waals surface area (Å²) in [4.78, 5) is 0. The van der Waals surface area contributed by atoms with Crippen LogP contribution >= 0.6 is 0 Å². The number of benzene rings is 1. The predicted octanol–water partition coefficient (Wildman–Crippen LogP) is 1.96. The zero-order valence-electron chi connectivity index (χ0n) is 13.9. The minimum absolute atomic E-state index is 0.262. The smallest absolute Gasteiger partial charge is 0.211 e. The number of hydrogen-bond acceptors (Lipinski definition) is 4. The molecule has 1 atom stereocenters. The van der Waals surface area contributed by atoms with E-state index in [1.54, 1.807) is 25.1 Å². The van der Waals surface area contributed by atoms with Gasteiger partial charge in [-0.15, -0.1) is 0 Å². The summed E-state index contributed by atoms with van der Waals surface area (Å²) in [6.45, 7) is 4.54. The van der Waals surface area contributed by atoms with E-state index in [2.05, 4.69) is 5.10 Å². The molecule has 3 rings (SSSR count). The summed E-state index contributed by atoms with van der Waals surface area (Å²) in [5.74, 6) is -0.380. The zero-order valence-corrected chi connectivity index (χ0v) is 14.7. The van der Waals surface area contributed by atoms with Crippen LogP contribution in [0.4, 0.5) is 4.39 Å². The van der Waals surface area contributed by atoms with Crippen molar-refractivity contribution in [2.75, 3.05) is 26.0 Å². The lowest BCUT2D eigenvalue weighted by Crippen LogP contribution is -2.43. The second-order valence-corrected chi connectivity index (χ2v) is 7.85. The van der Waals surface area contributed by atoms with Crippen molar-refractivity contribution in [3.63, 3.8) is 0 Å². The summed E-state index contributed by atoms with van der Waals surface area (Å²) in [6.07, 6.45) is 1.19. The first-order valence-electron chi connectivity index (χ1n) is 7.66. The fraction of sp³-hybridized carbons (Fsp3) is 0.438. The van der Waals surface area contributed by atoms with E-state index in [0.717, 1.165) is 5.56 Å². The molecule has 24 heavy (non-hydrogen) atoms. The van der Waals surface area contributed by atoms with Gasteiger partial charge in [0, 0.05) is 17.8 Å². The van der Waals surface area contributed by atoms with Crippen LogP contribution in [-0.2, 0) is 14.8 Å². The molecule has 1 aromatic carbocycles. The van der Waals surface area contributed by atoms with Gasteiger partial charge >= 0.3 is 0 Å². The normalized spacial score (nSPS) is 19.6. The average molecular weight is 353 g/mol. The number of aryl methyl sites for hydroxylation is 1. The topological polar surface area (TPSA) is 64.4 Å². The summed E-state index contributed by atoms with van der Waals surface area (Å²) in [5, 5.41) is 4.43. The van der Waals surface area contributed by atoms with Crippen LogP contribution in [-0.4, -0.2) is 48.5 Å². The third-order valence-electron chi connectivity index (χ3n) is 4.27. The van der Waals surface area contributed by atoms with Gasteiger partial charge in [0.25, 0.3) is 0 Å². The summed E-state index contributed by atoms with van der Waals surface area (Å²) in [6, 6.07) is 5.92.